The molecular weight excluding hydrogens is 476 g/mol. The Morgan fingerprint density at radius 1 is 1.00 bits per heavy atom. The number of carbonyl (C=O) groups is 2. The van der Waals surface area contributed by atoms with Crippen LogP contribution < -0.4 is 24.4 Å². The van der Waals surface area contributed by atoms with Crippen LogP contribution in [-0.4, -0.2) is 65.9 Å². The number of carbonyl (C=O) groups excluding carboxylic acids is 2. The van der Waals surface area contributed by atoms with E-state index in [1.165, 1.54) is 16.8 Å². The van der Waals surface area contributed by atoms with Gasteiger partial charge < -0.3 is 19.5 Å². The summed E-state index contributed by atoms with van der Waals surface area (Å²) >= 11 is 0. The van der Waals surface area contributed by atoms with E-state index in [1.807, 2.05) is 0 Å². The van der Waals surface area contributed by atoms with Gasteiger partial charge in [-0.15, -0.1) is 10.2 Å². The molecule has 1 N–H and O–H groups in total. The van der Waals surface area contributed by atoms with Crippen molar-refractivity contribution in [2.75, 3.05) is 32.8 Å². The summed E-state index contributed by atoms with van der Waals surface area (Å²) in [4.78, 5) is 29.1. The molecule has 0 saturated carbocycles. The maximum absolute atomic E-state index is 13.5. The molecule has 2 aromatic carbocycles. The van der Waals surface area contributed by atoms with Crippen molar-refractivity contribution in [2.45, 2.75) is 39.8 Å². The Bertz CT molecular complexity index is 1210. The third kappa shape index (κ3) is 6.96. The van der Waals surface area contributed by atoms with Gasteiger partial charge in [0.15, 0.2) is 11.5 Å². The summed E-state index contributed by atoms with van der Waals surface area (Å²) in [6.45, 7) is 6.17. The van der Waals surface area contributed by atoms with Gasteiger partial charge in [-0.3, -0.25) is 14.5 Å². The Morgan fingerprint density at radius 2 is 1.76 bits per heavy atom. The average molecular weight is 511 g/mol. The largest absolute Gasteiger partial charge is 0.497 e. The lowest BCUT2D eigenvalue weighted by Gasteiger charge is -2.28. The zero-order valence-corrected chi connectivity index (χ0v) is 22.1. The maximum atomic E-state index is 13.5. The van der Waals surface area contributed by atoms with Crippen LogP contribution in [0.3, 0.4) is 0 Å². The molecule has 198 valence electrons. The van der Waals surface area contributed by atoms with E-state index in [0.29, 0.717) is 46.8 Å². The maximum Gasteiger partial charge on any atom is 0.251 e. The molecule has 0 spiro atoms. The molecule has 11 heteroatoms. The van der Waals surface area contributed by atoms with E-state index in [-0.39, 0.29) is 18.4 Å². The predicted molar refractivity (Wildman–Crippen MR) is 139 cm³/mol. The van der Waals surface area contributed by atoms with Gasteiger partial charge in [-0.2, -0.15) is 4.80 Å². The zero-order chi connectivity index (χ0) is 26.9. The molecule has 1 unspecified atom stereocenters. The number of benzene rings is 2. The molecule has 37 heavy (non-hydrogen) atoms. The van der Waals surface area contributed by atoms with Crippen molar-refractivity contribution in [1.29, 1.82) is 0 Å². The summed E-state index contributed by atoms with van der Waals surface area (Å²) in [6, 6.07) is 11.5. The highest BCUT2D eigenvalue weighted by molar-refractivity contribution is 6.00. The minimum atomic E-state index is -0.777. The second kappa shape index (κ2) is 12.7. The van der Waals surface area contributed by atoms with E-state index in [4.69, 9.17) is 14.2 Å². The predicted octanol–water partition coefficient (Wildman–Crippen LogP) is 2.95. The first kappa shape index (κ1) is 27.4. The summed E-state index contributed by atoms with van der Waals surface area (Å²) in [5, 5.41) is 15.4. The molecule has 1 aromatic heterocycles. The van der Waals surface area contributed by atoms with Crippen LogP contribution in [0.15, 0.2) is 42.5 Å². The molecule has 0 aliphatic rings. The molecule has 3 aromatic rings. The Morgan fingerprint density at radius 3 is 2.43 bits per heavy atom. The van der Waals surface area contributed by atoms with Gasteiger partial charge in [0.05, 0.1) is 21.3 Å². The molecule has 11 nitrogen and oxygen atoms in total. The van der Waals surface area contributed by atoms with Crippen LogP contribution in [-0.2, 0) is 16.1 Å². The number of hydrogen-bond donors (Lipinski definition) is 1. The van der Waals surface area contributed by atoms with E-state index in [2.05, 4.69) is 34.6 Å². The molecule has 0 radical (unpaired) electrons. The standard InChI is InChI=1S/C26H34N6O5/c1-17(2)12-13-27-26(34)18(3)32(20-8-7-9-21(15-20)35-4)24(33)16-31-29-25(28-30-31)19-10-11-22(36-5)23(14-19)37-6/h7-11,14-15,17-18H,12-13,16H2,1-6H3,(H,27,34). The van der Waals surface area contributed by atoms with Crippen molar-refractivity contribution in [3.8, 4) is 28.6 Å². The highest BCUT2D eigenvalue weighted by Gasteiger charge is 2.28. The molecular formula is C26H34N6O5. The van der Waals surface area contributed by atoms with Crippen molar-refractivity contribution in [1.82, 2.24) is 25.5 Å². The number of anilines is 1. The fourth-order valence-electron chi connectivity index (χ4n) is 3.69. The summed E-state index contributed by atoms with van der Waals surface area (Å²) in [5.41, 5.74) is 1.18. The summed E-state index contributed by atoms with van der Waals surface area (Å²) in [7, 11) is 4.64. The Labute approximate surface area is 216 Å². The van der Waals surface area contributed by atoms with Crippen LogP contribution in [0.5, 0.6) is 17.2 Å². The highest BCUT2D eigenvalue weighted by Crippen LogP contribution is 2.30. The minimum Gasteiger partial charge on any atom is -0.497 e. The Hall–Kier alpha value is -4.15. The zero-order valence-electron chi connectivity index (χ0n) is 22.1. The van der Waals surface area contributed by atoms with Crippen LogP contribution in [0.4, 0.5) is 5.69 Å². The van der Waals surface area contributed by atoms with Crippen LogP contribution >= 0.6 is 0 Å². The summed E-state index contributed by atoms with van der Waals surface area (Å²) in [6.07, 6.45) is 0.841. The number of hydrogen-bond acceptors (Lipinski definition) is 8. The highest BCUT2D eigenvalue weighted by atomic mass is 16.5. The van der Waals surface area contributed by atoms with Gasteiger partial charge in [-0.25, -0.2) is 0 Å². The van der Waals surface area contributed by atoms with E-state index >= 15 is 0 Å². The first-order valence-corrected chi connectivity index (χ1v) is 12.0. The molecule has 1 atom stereocenters. The second-order valence-electron chi connectivity index (χ2n) is 8.83. The van der Waals surface area contributed by atoms with Crippen LogP contribution in [0.25, 0.3) is 11.4 Å². The smallest absolute Gasteiger partial charge is 0.251 e. The molecule has 2 amide bonds. The number of nitrogens with one attached hydrogen (secondary N) is 1. The van der Waals surface area contributed by atoms with Gasteiger partial charge in [0.2, 0.25) is 11.7 Å². The lowest BCUT2D eigenvalue weighted by Crippen LogP contribution is -2.49. The first-order chi connectivity index (χ1) is 17.8. The van der Waals surface area contributed by atoms with E-state index in [1.54, 1.807) is 63.6 Å². The SMILES string of the molecule is COc1cccc(N(C(=O)Cn2nnc(-c3ccc(OC)c(OC)c3)n2)C(C)C(=O)NCCC(C)C)c1. The summed E-state index contributed by atoms with van der Waals surface area (Å²) in [5.74, 6) is 1.80. The summed E-state index contributed by atoms with van der Waals surface area (Å²) < 4.78 is 15.9. The molecule has 3 rings (SSSR count). The quantitative estimate of drug-likeness (QED) is 0.395. The fraction of sp³-hybridized carbons (Fsp3) is 0.423. The fourth-order valence-corrected chi connectivity index (χ4v) is 3.69. The number of amides is 2. The van der Waals surface area contributed by atoms with Gasteiger partial charge in [-0.05, 0) is 54.8 Å². The van der Waals surface area contributed by atoms with Crippen molar-refractivity contribution in [3.63, 3.8) is 0 Å². The molecule has 0 aliphatic heterocycles. The van der Waals surface area contributed by atoms with Crippen molar-refractivity contribution in [2.24, 2.45) is 5.92 Å². The van der Waals surface area contributed by atoms with Crippen molar-refractivity contribution >= 4 is 17.5 Å². The number of nitrogens with zero attached hydrogens (tertiary/aromatic N) is 5. The normalized spacial score (nSPS) is 11.6. The topological polar surface area (TPSA) is 121 Å². The number of aromatic nitrogens is 4. The van der Waals surface area contributed by atoms with Gasteiger partial charge in [0.25, 0.3) is 5.91 Å². The van der Waals surface area contributed by atoms with Crippen molar-refractivity contribution in [3.05, 3.63) is 42.5 Å². The van der Waals surface area contributed by atoms with Gasteiger partial charge in [0, 0.05) is 23.9 Å². The third-order valence-corrected chi connectivity index (χ3v) is 5.76. The van der Waals surface area contributed by atoms with Crippen molar-refractivity contribution < 1.29 is 23.8 Å². The molecule has 0 saturated heterocycles. The molecule has 0 fully saturated rings. The molecule has 0 aliphatic carbocycles. The van der Waals surface area contributed by atoms with E-state index in [9.17, 15) is 9.59 Å². The van der Waals surface area contributed by atoms with Crippen LogP contribution in [0.2, 0.25) is 0 Å². The monoisotopic (exact) mass is 510 g/mol. The lowest BCUT2D eigenvalue weighted by molar-refractivity contribution is -0.126. The lowest BCUT2D eigenvalue weighted by atomic mass is 10.1. The number of tetrazole rings is 1. The molecule has 0 bridgehead atoms. The number of rotatable bonds is 12. The second-order valence-corrected chi connectivity index (χ2v) is 8.83. The van der Waals surface area contributed by atoms with Gasteiger partial charge in [0.1, 0.15) is 18.3 Å². The van der Waals surface area contributed by atoms with Crippen LogP contribution in [0.1, 0.15) is 27.2 Å². The third-order valence-electron chi connectivity index (χ3n) is 5.76. The number of ether oxygens (including phenoxy) is 3. The van der Waals surface area contributed by atoms with Crippen LogP contribution in [0, 0.1) is 5.92 Å². The Balaban J connectivity index is 1.83. The number of methoxy groups -OCH3 is 3. The van der Waals surface area contributed by atoms with Gasteiger partial charge >= 0.3 is 0 Å². The van der Waals surface area contributed by atoms with Gasteiger partial charge in [-0.1, -0.05) is 19.9 Å². The first-order valence-electron chi connectivity index (χ1n) is 12.0. The average Bonchev–Trinajstić information content (AvgIpc) is 3.36. The van der Waals surface area contributed by atoms with E-state index < -0.39 is 6.04 Å². The molecule has 1 heterocycles. The minimum absolute atomic E-state index is 0.221. The van der Waals surface area contributed by atoms with E-state index in [0.717, 1.165) is 6.42 Å². The Kier molecular flexibility index (Phi) is 9.42.